The van der Waals surface area contributed by atoms with Gasteiger partial charge in [-0.1, -0.05) is 0 Å². The third-order valence-corrected chi connectivity index (χ3v) is 2.41. The lowest BCUT2D eigenvalue weighted by Gasteiger charge is -2.20. The van der Waals surface area contributed by atoms with Gasteiger partial charge in [0, 0.05) is 24.3 Å². The SMILES string of the molecule is CC(C)(C)NCc1cncc(NC2CC2)n1. The topological polar surface area (TPSA) is 49.8 Å². The first-order valence-corrected chi connectivity index (χ1v) is 5.85. The molecule has 1 aliphatic carbocycles. The number of hydrogen-bond acceptors (Lipinski definition) is 4. The van der Waals surface area contributed by atoms with Gasteiger partial charge in [0.2, 0.25) is 0 Å². The van der Waals surface area contributed by atoms with E-state index in [0.29, 0.717) is 6.04 Å². The number of anilines is 1. The molecule has 0 bridgehead atoms. The lowest BCUT2D eigenvalue weighted by molar-refractivity contribution is 0.421. The minimum atomic E-state index is 0.113. The van der Waals surface area contributed by atoms with Crippen molar-refractivity contribution in [2.24, 2.45) is 0 Å². The Balaban J connectivity index is 1.92. The highest BCUT2D eigenvalue weighted by atomic mass is 15.1. The Morgan fingerprint density at radius 2 is 2.06 bits per heavy atom. The van der Waals surface area contributed by atoms with Crippen LogP contribution in [0.2, 0.25) is 0 Å². The van der Waals surface area contributed by atoms with E-state index in [4.69, 9.17) is 0 Å². The zero-order valence-electron chi connectivity index (χ0n) is 10.2. The molecule has 0 spiro atoms. The molecule has 0 aromatic carbocycles. The van der Waals surface area contributed by atoms with Gasteiger partial charge in [0.1, 0.15) is 5.82 Å². The molecule has 1 heterocycles. The lowest BCUT2D eigenvalue weighted by Crippen LogP contribution is -2.35. The second-order valence-corrected chi connectivity index (χ2v) is 5.42. The van der Waals surface area contributed by atoms with Crippen molar-refractivity contribution in [2.45, 2.75) is 51.7 Å². The molecule has 1 fully saturated rings. The average Bonchev–Trinajstić information content (AvgIpc) is 2.98. The van der Waals surface area contributed by atoms with Crippen molar-refractivity contribution in [3.8, 4) is 0 Å². The van der Waals surface area contributed by atoms with Crippen molar-refractivity contribution in [3.63, 3.8) is 0 Å². The minimum Gasteiger partial charge on any atom is -0.366 e. The van der Waals surface area contributed by atoms with E-state index < -0.39 is 0 Å². The van der Waals surface area contributed by atoms with E-state index in [1.165, 1.54) is 12.8 Å². The van der Waals surface area contributed by atoms with Crippen molar-refractivity contribution >= 4 is 5.82 Å². The molecule has 2 rings (SSSR count). The Morgan fingerprint density at radius 1 is 1.31 bits per heavy atom. The van der Waals surface area contributed by atoms with E-state index in [1.807, 2.05) is 6.20 Å². The fraction of sp³-hybridized carbons (Fsp3) is 0.667. The Hall–Kier alpha value is -1.16. The Kier molecular flexibility index (Phi) is 3.10. The van der Waals surface area contributed by atoms with Crippen LogP contribution in [-0.4, -0.2) is 21.5 Å². The minimum absolute atomic E-state index is 0.113. The largest absolute Gasteiger partial charge is 0.366 e. The Labute approximate surface area is 96.9 Å². The quantitative estimate of drug-likeness (QED) is 0.814. The summed E-state index contributed by atoms with van der Waals surface area (Å²) in [5, 5.41) is 6.76. The maximum absolute atomic E-state index is 4.52. The molecule has 0 unspecified atom stereocenters. The van der Waals surface area contributed by atoms with Crippen molar-refractivity contribution in [1.82, 2.24) is 15.3 Å². The number of nitrogens with zero attached hydrogens (tertiary/aromatic N) is 2. The van der Waals surface area contributed by atoms with Gasteiger partial charge in [-0.2, -0.15) is 0 Å². The summed E-state index contributed by atoms with van der Waals surface area (Å²) in [6.07, 6.45) is 6.12. The molecule has 88 valence electrons. The summed E-state index contributed by atoms with van der Waals surface area (Å²) < 4.78 is 0. The predicted molar refractivity (Wildman–Crippen MR) is 65.3 cm³/mol. The highest BCUT2D eigenvalue weighted by molar-refractivity contribution is 5.34. The van der Waals surface area contributed by atoms with E-state index in [9.17, 15) is 0 Å². The van der Waals surface area contributed by atoms with E-state index in [2.05, 4.69) is 41.4 Å². The van der Waals surface area contributed by atoms with Gasteiger partial charge in [0.15, 0.2) is 0 Å². The summed E-state index contributed by atoms with van der Waals surface area (Å²) >= 11 is 0. The second kappa shape index (κ2) is 4.37. The maximum atomic E-state index is 4.52. The first-order chi connectivity index (χ1) is 7.53. The lowest BCUT2D eigenvalue weighted by atomic mass is 10.1. The number of hydrogen-bond donors (Lipinski definition) is 2. The highest BCUT2D eigenvalue weighted by Crippen LogP contribution is 2.23. The van der Waals surface area contributed by atoms with Gasteiger partial charge in [0.05, 0.1) is 11.9 Å². The molecule has 0 radical (unpaired) electrons. The molecular weight excluding hydrogens is 200 g/mol. The Bertz CT molecular complexity index is 352. The van der Waals surface area contributed by atoms with Crippen molar-refractivity contribution in [2.75, 3.05) is 5.32 Å². The van der Waals surface area contributed by atoms with Crippen LogP contribution in [0.25, 0.3) is 0 Å². The van der Waals surface area contributed by atoms with Crippen LogP contribution in [0.3, 0.4) is 0 Å². The molecule has 16 heavy (non-hydrogen) atoms. The summed E-state index contributed by atoms with van der Waals surface area (Å²) in [4.78, 5) is 8.72. The zero-order valence-corrected chi connectivity index (χ0v) is 10.2. The monoisotopic (exact) mass is 220 g/mol. The Morgan fingerprint density at radius 3 is 2.69 bits per heavy atom. The molecule has 1 aliphatic rings. The van der Waals surface area contributed by atoms with Crippen LogP contribution in [0.5, 0.6) is 0 Å². The van der Waals surface area contributed by atoms with Gasteiger partial charge in [0.25, 0.3) is 0 Å². The smallest absolute Gasteiger partial charge is 0.145 e. The molecule has 1 aromatic rings. The van der Waals surface area contributed by atoms with E-state index >= 15 is 0 Å². The molecule has 1 aromatic heterocycles. The standard InChI is InChI=1S/C12H20N4/c1-12(2,3)14-7-10-6-13-8-11(16-10)15-9-4-5-9/h6,8-9,14H,4-5,7H2,1-3H3,(H,15,16). The van der Waals surface area contributed by atoms with E-state index in [0.717, 1.165) is 18.1 Å². The molecule has 4 nitrogen and oxygen atoms in total. The van der Waals surface area contributed by atoms with Crippen LogP contribution in [0.15, 0.2) is 12.4 Å². The highest BCUT2D eigenvalue weighted by Gasteiger charge is 2.21. The summed E-state index contributed by atoms with van der Waals surface area (Å²) in [6, 6.07) is 0.625. The summed E-state index contributed by atoms with van der Waals surface area (Å²) in [6.45, 7) is 7.20. The van der Waals surface area contributed by atoms with Gasteiger partial charge >= 0.3 is 0 Å². The second-order valence-electron chi connectivity index (χ2n) is 5.42. The number of rotatable bonds is 4. The third kappa shape index (κ3) is 3.77. The number of nitrogens with one attached hydrogen (secondary N) is 2. The van der Waals surface area contributed by atoms with Gasteiger partial charge in [-0.25, -0.2) is 4.98 Å². The molecule has 4 heteroatoms. The fourth-order valence-electron chi connectivity index (χ4n) is 1.35. The predicted octanol–water partition coefficient (Wildman–Crippen LogP) is 1.94. The van der Waals surface area contributed by atoms with Crippen LogP contribution in [0.1, 0.15) is 39.3 Å². The van der Waals surface area contributed by atoms with Gasteiger partial charge < -0.3 is 10.6 Å². The molecule has 0 atom stereocenters. The van der Waals surface area contributed by atoms with Crippen molar-refractivity contribution < 1.29 is 0 Å². The molecule has 0 aliphatic heterocycles. The van der Waals surface area contributed by atoms with Crippen LogP contribution >= 0.6 is 0 Å². The van der Waals surface area contributed by atoms with E-state index in [-0.39, 0.29) is 5.54 Å². The van der Waals surface area contributed by atoms with Crippen LogP contribution in [-0.2, 0) is 6.54 Å². The third-order valence-electron chi connectivity index (χ3n) is 2.41. The normalized spacial score (nSPS) is 16.2. The fourth-order valence-corrected chi connectivity index (χ4v) is 1.35. The van der Waals surface area contributed by atoms with Crippen molar-refractivity contribution in [3.05, 3.63) is 18.1 Å². The zero-order chi connectivity index (χ0) is 11.6. The van der Waals surface area contributed by atoms with E-state index in [1.54, 1.807) is 6.20 Å². The molecule has 1 saturated carbocycles. The summed E-state index contributed by atoms with van der Waals surface area (Å²) in [5.41, 5.74) is 1.10. The van der Waals surface area contributed by atoms with Crippen molar-refractivity contribution in [1.29, 1.82) is 0 Å². The first kappa shape index (κ1) is 11.3. The van der Waals surface area contributed by atoms with Crippen LogP contribution in [0.4, 0.5) is 5.82 Å². The summed E-state index contributed by atoms with van der Waals surface area (Å²) in [5.74, 6) is 0.899. The maximum Gasteiger partial charge on any atom is 0.145 e. The first-order valence-electron chi connectivity index (χ1n) is 5.85. The van der Waals surface area contributed by atoms with Gasteiger partial charge in [-0.05, 0) is 33.6 Å². The molecular formula is C12H20N4. The summed E-state index contributed by atoms with van der Waals surface area (Å²) in [7, 11) is 0. The van der Waals surface area contributed by atoms with Gasteiger partial charge in [-0.15, -0.1) is 0 Å². The number of aromatic nitrogens is 2. The molecule has 0 saturated heterocycles. The molecule has 2 N–H and O–H groups in total. The van der Waals surface area contributed by atoms with Crippen LogP contribution in [0, 0.1) is 0 Å². The average molecular weight is 220 g/mol. The van der Waals surface area contributed by atoms with Crippen LogP contribution < -0.4 is 10.6 Å². The van der Waals surface area contributed by atoms with Gasteiger partial charge in [-0.3, -0.25) is 4.98 Å². The molecule has 0 amide bonds.